The van der Waals surface area contributed by atoms with Gasteiger partial charge in [-0.2, -0.15) is 0 Å². The van der Waals surface area contributed by atoms with E-state index in [1.54, 1.807) is 4.90 Å². The van der Waals surface area contributed by atoms with Crippen molar-refractivity contribution in [3.63, 3.8) is 0 Å². The highest BCUT2D eigenvalue weighted by molar-refractivity contribution is 5.97. The van der Waals surface area contributed by atoms with E-state index in [-0.39, 0.29) is 18.4 Å². The second-order valence-electron chi connectivity index (χ2n) is 5.09. The SMILES string of the molecule is CCC1(C)C(=O)NCC(=O)N1CCC1CC1. The van der Waals surface area contributed by atoms with Crippen LogP contribution in [0.15, 0.2) is 0 Å². The van der Waals surface area contributed by atoms with Gasteiger partial charge in [-0.05, 0) is 25.7 Å². The maximum absolute atomic E-state index is 11.9. The van der Waals surface area contributed by atoms with Gasteiger partial charge in [-0.1, -0.05) is 19.8 Å². The van der Waals surface area contributed by atoms with Crippen molar-refractivity contribution in [3.8, 4) is 0 Å². The molecule has 4 heteroatoms. The standard InChI is InChI=1S/C12H20N2O2/c1-3-12(2)11(16)13-8-10(15)14(12)7-6-9-4-5-9/h9H,3-8H2,1-2H3,(H,13,16). The molecule has 2 fully saturated rings. The molecule has 0 bridgehead atoms. The highest BCUT2D eigenvalue weighted by Gasteiger charge is 2.44. The Morgan fingerprint density at radius 1 is 1.44 bits per heavy atom. The van der Waals surface area contributed by atoms with E-state index in [1.807, 2.05) is 13.8 Å². The van der Waals surface area contributed by atoms with Crippen LogP contribution in [0.2, 0.25) is 0 Å². The smallest absolute Gasteiger partial charge is 0.246 e. The first kappa shape index (κ1) is 11.4. The second-order valence-corrected chi connectivity index (χ2v) is 5.09. The summed E-state index contributed by atoms with van der Waals surface area (Å²) in [6, 6.07) is 0. The van der Waals surface area contributed by atoms with E-state index < -0.39 is 5.54 Å². The second kappa shape index (κ2) is 4.07. The highest BCUT2D eigenvalue weighted by Crippen LogP contribution is 2.34. The average molecular weight is 224 g/mol. The number of piperazine rings is 1. The van der Waals surface area contributed by atoms with Gasteiger partial charge in [0.1, 0.15) is 5.54 Å². The molecule has 4 nitrogen and oxygen atoms in total. The minimum atomic E-state index is -0.635. The summed E-state index contributed by atoms with van der Waals surface area (Å²) < 4.78 is 0. The van der Waals surface area contributed by atoms with Crippen LogP contribution in [-0.4, -0.2) is 35.3 Å². The van der Waals surface area contributed by atoms with Crippen LogP contribution in [0.5, 0.6) is 0 Å². The zero-order valence-electron chi connectivity index (χ0n) is 10.1. The largest absolute Gasteiger partial charge is 0.345 e. The number of nitrogens with one attached hydrogen (secondary N) is 1. The first-order chi connectivity index (χ1) is 7.58. The van der Waals surface area contributed by atoms with E-state index in [0.29, 0.717) is 6.42 Å². The zero-order valence-corrected chi connectivity index (χ0v) is 10.1. The summed E-state index contributed by atoms with van der Waals surface area (Å²) >= 11 is 0. The molecule has 1 unspecified atom stereocenters. The van der Waals surface area contributed by atoms with Crippen molar-refractivity contribution < 1.29 is 9.59 Å². The highest BCUT2D eigenvalue weighted by atomic mass is 16.2. The van der Waals surface area contributed by atoms with Gasteiger partial charge in [0.2, 0.25) is 11.8 Å². The van der Waals surface area contributed by atoms with Crippen LogP contribution in [0.25, 0.3) is 0 Å². The zero-order chi connectivity index (χ0) is 11.8. The minimum absolute atomic E-state index is 0.00889. The molecule has 1 heterocycles. The molecule has 90 valence electrons. The fourth-order valence-corrected chi connectivity index (χ4v) is 2.28. The maximum atomic E-state index is 11.9. The number of hydrogen-bond donors (Lipinski definition) is 1. The predicted molar refractivity (Wildman–Crippen MR) is 60.8 cm³/mol. The van der Waals surface area contributed by atoms with E-state index >= 15 is 0 Å². The van der Waals surface area contributed by atoms with Gasteiger partial charge in [0, 0.05) is 6.54 Å². The average Bonchev–Trinajstić information content (AvgIpc) is 3.07. The van der Waals surface area contributed by atoms with Gasteiger partial charge in [0.15, 0.2) is 0 Å². The summed E-state index contributed by atoms with van der Waals surface area (Å²) in [5, 5.41) is 2.68. The molecule has 1 atom stereocenters. The molecule has 1 saturated carbocycles. The number of carbonyl (C=O) groups is 2. The molecule has 0 aromatic heterocycles. The molecule has 2 amide bonds. The van der Waals surface area contributed by atoms with Crippen LogP contribution in [0.3, 0.4) is 0 Å². The van der Waals surface area contributed by atoms with Gasteiger partial charge < -0.3 is 10.2 Å². The van der Waals surface area contributed by atoms with Crippen molar-refractivity contribution in [1.82, 2.24) is 10.2 Å². The van der Waals surface area contributed by atoms with Gasteiger partial charge in [0.05, 0.1) is 6.54 Å². The van der Waals surface area contributed by atoms with Crippen molar-refractivity contribution in [2.24, 2.45) is 5.92 Å². The Labute approximate surface area is 96.4 Å². The molecule has 1 saturated heterocycles. The molecule has 1 N–H and O–H groups in total. The van der Waals surface area contributed by atoms with Crippen LogP contribution in [-0.2, 0) is 9.59 Å². The van der Waals surface area contributed by atoms with E-state index in [0.717, 1.165) is 18.9 Å². The normalized spacial score (nSPS) is 30.5. The molecule has 0 spiro atoms. The van der Waals surface area contributed by atoms with Crippen molar-refractivity contribution in [1.29, 1.82) is 0 Å². The lowest BCUT2D eigenvalue weighted by Gasteiger charge is -2.43. The van der Waals surface area contributed by atoms with Crippen LogP contribution in [0.4, 0.5) is 0 Å². The summed E-state index contributed by atoms with van der Waals surface area (Å²) in [5.41, 5.74) is -0.635. The third-order valence-corrected chi connectivity index (χ3v) is 3.93. The van der Waals surface area contributed by atoms with Crippen molar-refractivity contribution in [2.75, 3.05) is 13.1 Å². The van der Waals surface area contributed by atoms with Gasteiger partial charge in [-0.3, -0.25) is 9.59 Å². The lowest BCUT2D eigenvalue weighted by atomic mass is 9.92. The van der Waals surface area contributed by atoms with E-state index in [4.69, 9.17) is 0 Å². The van der Waals surface area contributed by atoms with E-state index in [2.05, 4.69) is 5.32 Å². The number of hydrogen-bond acceptors (Lipinski definition) is 2. The van der Waals surface area contributed by atoms with Gasteiger partial charge in [0.25, 0.3) is 0 Å². The first-order valence-electron chi connectivity index (χ1n) is 6.16. The van der Waals surface area contributed by atoms with Crippen LogP contribution in [0, 0.1) is 5.92 Å². The molecule has 0 aromatic carbocycles. The van der Waals surface area contributed by atoms with Gasteiger partial charge in [-0.15, -0.1) is 0 Å². The molecular formula is C12H20N2O2. The van der Waals surface area contributed by atoms with Crippen LogP contribution < -0.4 is 5.32 Å². The monoisotopic (exact) mass is 224 g/mol. The lowest BCUT2D eigenvalue weighted by Crippen LogP contribution is -2.65. The first-order valence-corrected chi connectivity index (χ1v) is 6.16. The molecule has 0 aromatic rings. The molecule has 0 radical (unpaired) electrons. The molecule has 1 aliphatic heterocycles. The van der Waals surface area contributed by atoms with Crippen molar-refractivity contribution in [2.45, 2.75) is 45.1 Å². The summed E-state index contributed by atoms with van der Waals surface area (Å²) in [7, 11) is 0. The predicted octanol–water partition coefficient (Wildman–Crippen LogP) is 0.914. The van der Waals surface area contributed by atoms with E-state index in [9.17, 15) is 9.59 Å². The Kier molecular flexibility index (Phi) is 2.91. The maximum Gasteiger partial charge on any atom is 0.246 e. The van der Waals surface area contributed by atoms with E-state index in [1.165, 1.54) is 12.8 Å². The van der Waals surface area contributed by atoms with Crippen molar-refractivity contribution in [3.05, 3.63) is 0 Å². The fraction of sp³-hybridized carbons (Fsp3) is 0.833. The Bertz CT molecular complexity index is 312. The Balaban J connectivity index is 2.07. The summed E-state index contributed by atoms with van der Waals surface area (Å²) in [6.07, 6.45) is 4.30. The quantitative estimate of drug-likeness (QED) is 0.771. The minimum Gasteiger partial charge on any atom is -0.345 e. The molecule has 16 heavy (non-hydrogen) atoms. The molecule has 2 aliphatic rings. The van der Waals surface area contributed by atoms with Gasteiger partial charge >= 0.3 is 0 Å². The number of amides is 2. The Hall–Kier alpha value is -1.06. The summed E-state index contributed by atoms with van der Waals surface area (Å²) in [6.45, 7) is 4.73. The fourth-order valence-electron chi connectivity index (χ4n) is 2.28. The third kappa shape index (κ3) is 1.93. The number of carbonyl (C=O) groups excluding carboxylic acids is 2. The molecule has 2 rings (SSSR count). The topological polar surface area (TPSA) is 49.4 Å². The molecular weight excluding hydrogens is 204 g/mol. The van der Waals surface area contributed by atoms with Crippen LogP contribution >= 0.6 is 0 Å². The molecule has 1 aliphatic carbocycles. The Morgan fingerprint density at radius 3 is 2.69 bits per heavy atom. The number of rotatable bonds is 4. The number of nitrogens with zero attached hydrogens (tertiary/aromatic N) is 1. The summed E-state index contributed by atoms with van der Waals surface area (Å²) in [5.74, 6) is 0.842. The third-order valence-electron chi connectivity index (χ3n) is 3.93. The Morgan fingerprint density at radius 2 is 2.12 bits per heavy atom. The lowest BCUT2D eigenvalue weighted by molar-refractivity contribution is -0.153. The summed E-state index contributed by atoms with van der Waals surface area (Å²) in [4.78, 5) is 25.5. The van der Waals surface area contributed by atoms with Gasteiger partial charge in [-0.25, -0.2) is 0 Å². The van der Waals surface area contributed by atoms with Crippen LogP contribution in [0.1, 0.15) is 39.5 Å². The van der Waals surface area contributed by atoms with Crippen molar-refractivity contribution >= 4 is 11.8 Å².